The van der Waals surface area contributed by atoms with E-state index in [9.17, 15) is 19.2 Å². The van der Waals surface area contributed by atoms with E-state index in [4.69, 9.17) is 0 Å². The lowest BCUT2D eigenvalue weighted by atomic mass is 10.1. The molecule has 3 N–H and O–H groups in total. The molecule has 37 heavy (non-hydrogen) atoms. The lowest BCUT2D eigenvalue weighted by Gasteiger charge is -2.12. The number of rotatable bonds is 9. The van der Waals surface area contributed by atoms with E-state index in [2.05, 4.69) is 28.2 Å². The zero-order valence-electron chi connectivity index (χ0n) is 20.6. The Labute approximate surface area is 213 Å². The zero-order valence-corrected chi connectivity index (χ0v) is 20.6. The first-order chi connectivity index (χ1) is 18.0. The fraction of sp³-hybridized carbons (Fsp3) is 0.250. The molecule has 0 bridgehead atoms. The number of aryl methyl sites for hydroxylation is 1. The van der Waals surface area contributed by atoms with Crippen LogP contribution in [-0.2, 0) is 11.3 Å². The van der Waals surface area contributed by atoms with Gasteiger partial charge in [0.05, 0.1) is 5.39 Å². The van der Waals surface area contributed by atoms with Gasteiger partial charge < -0.3 is 5.32 Å². The maximum absolute atomic E-state index is 12.9. The van der Waals surface area contributed by atoms with Gasteiger partial charge in [0.1, 0.15) is 0 Å². The Morgan fingerprint density at radius 1 is 0.838 bits per heavy atom. The number of carbonyl (C=O) groups is 3. The summed E-state index contributed by atoms with van der Waals surface area (Å²) in [5.74, 6) is -1.40. The van der Waals surface area contributed by atoms with Crippen molar-refractivity contribution in [3.05, 3.63) is 88.3 Å². The van der Waals surface area contributed by atoms with Crippen molar-refractivity contribution in [2.75, 3.05) is 6.54 Å². The number of carbonyl (C=O) groups excluding carboxylic acids is 3. The van der Waals surface area contributed by atoms with Crippen LogP contribution in [0.2, 0.25) is 0 Å². The topological polar surface area (TPSA) is 122 Å². The summed E-state index contributed by atoms with van der Waals surface area (Å²) < 4.78 is 1.30. The summed E-state index contributed by atoms with van der Waals surface area (Å²) in [6, 6.07) is 19.9. The number of benzene rings is 3. The second-order valence-corrected chi connectivity index (χ2v) is 8.70. The Balaban J connectivity index is 1.34. The van der Waals surface area contributed by atoms with E-state index < -0.39 is 11.8 Å². The second kappa shape index (κ2) is 11.9. The first kappa shape index (κ1) is 25.6. The van der Waals surface area contributed by atoms with E-state index in [1.807, 2.05) is 30.3 Å². The fourth-order valence-electron chi connectivity index (χ4n) is 4.04. The summed E-state index contributed by atoms with van der Waals surface area (Å²) in [6.07, 6.45) is 2.66. The minimum absolute atomic E-state index is 0.0374. The van der Waals surface area contributed by atoms with Crippen molar-refractivity contribution in [1.82, 2.24) is 25.9 Å². The summed E-state index contributed by atoms with van der Waals surface area (Å²) in [4.78, 5) is 50.4. The van der Waals surface area contributed by atoms with Crippen molar-refractivity contribution < 1.29 is 14.4 Å². The van der Waals surface area contributed by atoms with Gasteiger partial charge in [0, 0.05) is 30.5 Å². The van der Waals surface area contributed by atoms with Crippen LogP contribution < -0.4 is 21.7 Å². The Kier molecular flexibility index (Phi) is 8.25. The van der Waals surface area contributed by atoms with E-state index in [0.717, 1.165) is 30.0 Å². The van der Waals surface area contributed by atoms with Gasteiger partial charge in [-0.3, -0.25) is 30.0 Å². The zero-order chi connectivity index (χ0) is 26.2. The average Bonchev–Trinajstić information content (AvgIpc) is 2.92. The summed E-state index contributed by atoms with van der Waals surface area (Å²) in [7, 11) is 0. The Bertz CT molecular complexity index is 1510. The molecule has 0 fully saturated rings. The molecule has 3 aromatic carbocycles. The van der Waals surface area contributed by atoms with Crippen LogP contribution in [-0.4, -0.2) is 34.0 Å². The summed E-state index contributed by atoms with van der Waals surface area (Å²) in [5.41, 5.74) is 5.01. The molecule has 0 saturated heterocycles. The molecule has 9 nitrogen and oxygen atoms in total. The van der Waals surface area contributed by atoms with E-state index in [1.165, 1.54) is 4.68 Å². The molecule has 0 aliphatic rings. The number of fused-ring (bicyclic) bond motifs is 2. The molecule has 0 atom stereocenters. The number of amides is 3. The van der Waals surface area contributed by atoms with Crippen LogP contribution in [0.5, 0.6) is 0 Å². The van der Waals surface area contributed by atoms with Crippen LogP contribution in [0.3, 0.4) is 0 Å². The molecule has 0 aliphatic heterocycles. The van der Waals surface area contributed by atoms with Gasteiger partial charge in [-0.05, 0) is 35.4 Å². The Morgan fingerprint density at radius 3 is 2.35 bits per heavy atom. The number of hydrazine groups is 1. The fourth-order valence-corrected chi connectivity index (χ4v) is 4.04. The van der Waals surface area contributed by atoms with Crippen molar-refractivity contribution in [1.29, 1.82) is 0 Å². The maximum Gasteiger partial charge on any atom is 0.290 e. The van der Waals surface area contributed by atoms with Gasteiger partial charge in [-0.15, -0.1) is 0 Å². The molecular weight excluding hydrogens is 470 g/mol. The number of nitrogens with one attached hydrogen (secondary N) is 3. The van der Waals surface area contributed by atoms with Crippen molar-refractivity contribution in [3.8, 4) is 0 Å². The van der Waals surface area contributed by atoms with Gasteiger partial charge in [-0.2, -0.15) is 5.10 Å². The molecule has 0 unspecified atom stereocenters. The highest BCUT2D eigenvalue weighted by Crippen LogP contribution is 2.16. The van der Waals surface area contributed by atoms with Gasteiger partial charge in [0.15, 0.2) is 5.69 Å². The molecule has 190 valence electrons. The normalized spacial score (nSPS) is 10.8. The second-order valence-electron chi connectivity index (χ2n) is 8.70. The number of nitrogens with zero attached hydrogens (tertiary/aromatic N) is 2. The van der Waals surface area contributed by atoms with E-state index in [0.29, 0.717) is 22.9 Å². The monoisotopic (exact) mass is 499 g/mol. The summed E-state index contributed by atoms with van der Waals surface area (Å²) >= 11 is 0. The van der Waals surface area contributed by atoms with Crippen LogP contribution in [0.25, 0.3) is 21.5 Å². The lowest BCUT2D eigenvalue weighted by molar-refractivity contribution is -0.121. The first-order valence-corrected chi connectivity index (χ1v) is 12.3. The lowest BCUT2D eigenvalue weighted by Crippen LogP contribution is -2.43. The van der Waals surface area contributed by atoms with Crippen LogP contribution in [0.1, 0.15) is 53.5 Å². The van der Waals surface area contributed by atoms with Crippen molar-refractivity contribution >= 4 is 39.3 Å². The minimum atomic E-state index is -0.631. The van der Waals surface area contributed by atoms with Gasteiger partial charge in [-0.1, -0.05) is 68.3 Å². The highest BCUT2D eigenvalue weighted by Gasteiger charge is 2.17. The average molecular weight is 500 g/mol. The van der Waals surface area contributed by atoms with Crippen LogP contribution in [0, 0.1) is 0 Å². The third kappa shape index (κ3) is 6.19. The molecule has 4 aromatic rings. The van der Waals surface area contributed by atoms with Gasteiger partial charge >= 0.3 is 0 Å². The number of unbranched alkanes of at least 4 members (excludes halogenated alkanes) is 2. The van der Waals surface area contributed by atoms with Crippen LogP contribution in [0.15, 0.2) is 71.5 Å². The van der Waals surface area contributed by atoms with Gasteiger partial charge in [0.2, 0.25) is 5.91 Å². The Hall–Kier alpha value is -4.53. The minimum Gasteiger partial charge on any atom is -0.352 e. The van der Waals surface area contributed by atoms with E-state index >= 15 is 0 Å². The number of hydrogen-bond acceptors (Lipinski definition) is 5. The first-order valence-electron chi connectivity index (χ1n) is 12.3. The number of aromatic nitrogens is 2. The van der Waals surface area contributed by atoms with Crippen LogP contribution in [0.4, 0.5) is 0 Å². The molecule has 0 spiro atoms. The Morgan fingerprint density at radius 2 is 1.57 bits per heavy atom. The smallest absolute Gasteiger partial charge is 0.290 e. The van der Waals surface area contributed by atoms with Crippen molar-refractivity contribution in [2.24, 2.45) is 0 Å². The number of hydrogen-bond donors (Lipinski definition) is 3. The molecule has 4 rings (SSSR count). The SMILES string of the molecule is CCCCCn1nc(C(=O)NNC(=O)CCNC(=O)c2ccc3ccccc3c2)c2ccccc2c1=O. The quantitative estimate of drug-likeness (QED) is 0.241. The molecule has 0 saturated carbocycles. The highest BCUT2D eigenvalue weighted by molar-refractivity contribution is 6.05. The molecule has 0 aliphatic carbocycles. The van der Waals surface area contributed by atoms with Gasteiger partial charge in [0.25, 0.3) is 17.4 Å². The standard InChI is InChI=1S/C28H29N5O4/c1-2-3-8-17-33-28(37)23-12-7-6-11-22(23)25(32-33)27(36)31-30-24(34)15-16-29-26(35)21-14-13-19-9-4-5-10-20(19)18-21/h4-7,9-14,18H,2-3,8,15-17H2,1H3,(H,29,35)(H,30,34)(H,31,36). The third-order valence-electron chi connectivity index (χ3n) is 6.02. The molecule has 0 radical (unpaired) electrons. The van der Waals surface area contributed by atoms with Crippen molar-refractivity contribution in [3.63, 3.8) is 0 Å². The summed E-state index contributed by atoms with van der Waals surface area (Å²) in [6.45, 7) is 2.56. The van der Waals surface area contributed by atoms with Gasteiger partial charge in [-0.25, -0.2) is 4.68 Å². The largest absolute Gasteiger partial charge is 0.352 e. The summed E-state index contributed by atoms with van der Waals surface area (Å²) in [5, 5.41) is 9.78. The third-order valence-corrected chi connectivity index (χ3v) is 6.02. The molecular formula is C28H29N5O4. The van der Waals surface area contributed by atoms with Crippen molar-refractivity contribution in [2.45, 2.75) is 39.2 Å². The predicted molar refractivity (Wildman–Crippen MR) is 142 cm³/mol. The highest BCUT2D eigenvalue weighted by atomic mass is 16.2. The molecule has 1 heterocycles. The molecule has 1 aromatic heterocycles. The van der Waals surface area contributed by atoms with E-state index in [-0.39, 0.29) is 30.1 Å². The predicted octanol–water partition coefficient (Wildman–Crippen LogP) is 3.32. The maximum atomic E-state index is 12.9. The van der Waals surface area contributed by atoms with E-state index in [1.54, 1.807) is 36.4 Å². The molecule has 9 heteroatoms. The molecule has 3 amide bonds. The van der Waals surface area contributed by atoms with Crippen LogP contribution >= 0.6 is 0 Å².